The summed E-state index contributed by atoms with van der Waals surface area (Å²) in [4.78, 5) is 32.6. The first-order valence-electron chi connectivity index (χ1n) is 21.1. The molecule has 0 unspecified atom stereocenters. The van der Waals surface area contributed by atoms with Crippen LogP contribution in [0.3, 0.4) is 0 Å². The van der Waals surface area contributed by atoms with Crippen molar-refractivity contribution in [3.63, 3.8) is 0 Å². The first-order valence-corrected chi connectivity index (χ1v) is 21.1. The van der Waals surface area contributed by atoms with E-state index in [0.717, 1.165) is 86.6 Å². The van der Waals surface area contributed by atoms with Crippen LogP contribution in [-0.4, -0.2) is 27.2 Å². The molecule has 0 aliphatic rings. The van der Waals surface area contributed by atoms with Gasteiger partial charge in [-0.15, -0.1) is 0 Å². The van der Waals surface area contributed by atoms with Gasteiger partial charge in [0.1, 0.15) is 11.3 Å². The van der Waals surface area contributed by atoms with Gasteiger partial charge in [0.25, 0.3) is 11.1 Å². The highest BCUT2D eigenvalue weighted by atomic mass is 16.1. The fourth-order valence-electron chi connectivity index (χ4n) is 7.11. The lowest BCUT2D eigenvalue weighted by atomic mass is 10.1. The number of fused-ring (bicyclic) bond motifs is 2. The molecule has 2 N–H and O–H groups in total. The fraction of sp³-hybridized carbons (Fsp3) is 0.744. The van der Waals surface area contributed by atoms with Gasteiger partial charge in [-0.05, 0) is 31.7 Å². The zero-order valence-electron chi connectivity index (χ0n) is 32.7. The third-order valence-electron chi connectivity index (χ3n) is 10.3. The van der Waals surface area contributed by atoms with Crippen molar-refractivity contribution < 1.29 is 0 Å². The Morgan fingerprint density at radius 2 is 0.760 bits per heavy atom. The smallest absolute Gasteiger partial charge is 0.254 e. The van der Waals surface area contributed by atoms with Gasteiger partial charge >= 0.3 is 0 Å². The Bertz CT molecular complexity index is 1370. The van der Waals surface area contributed by atoms with Crippen LogP contribution in [0.5, 0.6) is 0 Å². The Morgan fingerprint density at radius 1 is 0.440 bits per heavy atom. The number of nitrogens with zero attached hydrogens (tertiary/aromatic N) is 3. The van der Waals surface area contributed by atoms with E-state index in [1.54, 1.807) is 12.1 Å². The quantitative estimate of drug-likeness (QED) is 0.0537. The van der Waals surface area contributed by atoms with E-state index in [0.29, 0.717) is 24.4 Å². The highest BCUT2D eigenvalue weighted by Crippen LogP contribution is 2.29. The fourth-order valence-corrected chi connectivity index (χ4v) is 7.11. The molecular formula is C43H73N5O2. The number of nitrogens with one attached hydrogen (secondary N) is 2. The van der Waals surface area contributed by atoms with Crippen molar-refractivity contribution in [2.45, 2.75) is 195 Å². The molecule has 0 aliphatic carbocycles. The molecule has 0 radical (unpaired) electrons. The second-order valence-electron chi connectivity index (χ2n) is 14.8. The molecule has 0 bridgehead atoms. The Balaban J connectivity index is 1.86. The number of aryl methyl sites for hydroxylation is 2. The first kappa shape index (κ1) is 41.6. The molecule has 3 aromatic rings. The second kappa shape index (κ2) is 25.2. The molecule has 0 atom stereocenters. The summed E-state index contributed by atoms with van der Waals surface area (Å²) in [7, 11) is 0. The van der Waals surface area contributed by atoms with Crippen molar-refractivity contribution in [3.8, 4) is 0 Å². The minimum Gasteiger partial charge on any atom is -0.384 e. The molecule has 0 aliphatic heterocycles. The van der Waals surface area contributed by atoms with Crippen molar-refractivity contribution in [2.75, 3.05) is 23.7 Å². The standard InChI is InChI=1S/C43H73N5O2/c1-5-9-13-15-17-19-21-23-25-27-31-47-40(49)34-38(44-29-11-7-3)36-33-37-39(45-30-12-8-4)35-41(50)48(43(37)46-42(36)47)32-28-26-24-22-20-18-16-14-10-6-2/h33-35,44-45H,5-32H2,1-4H3. The van der Waals surface area contributed by atoms with Crippen LogP contribution in [0.2, 0.25) is 0 Å². The van der Waals surface area contributed by atoms with Crippen LogP contribution in [0.25, 0.3) is 22.1 Å². The number of pyridine rings is 3. The third-order valence-corrected chi connectivity index (χ3v) is 10.3. The molecule has 3 heterocycles. The maximum absolute atomic E-state index is 13.7. The molecule has 0 aromatic carbocycles. The van der Waals surface area contributed by atoms with Crippen molar-refractivity contribution in [3.05, 3.63) is 38.9 Å². The van der Waals surface area contributed by atoms with Crippen LogP contribution in [0.15, 0.2) is 27.8 Å². The van der Waals surface area contributed by atoms with Crippen molar-refractivity contribution in [1.82, 2.24) is 14.1 Å². The Labute approximate surface area is 304 Å². The van der Waals surface area contributed by atoms with E-state index in [2.05, 4.69) is 44.4 Å². The lowest BCUT2D eigenvalue weighted by Crippen LogP contribution is -2.25. The Kier molecular flexibility index (Phi) is 20.9. The van der Waals surface area contributed by atoms with Gasteiger partial charge in [0.2, 0.25) is 0 Å². The molecule has 0 spiro atoms. The molecule has 282 valence electrons. The van der Waals surface area contributed by atoms with E-state index in [1.807, 2.05) is 9.13 Å². The second-order valence-corrected chi connectivity index (χ2v) is 14.8. The van der Waals surface area contributed by atoms with Gasteiger partial charge in [-0.2, -0.15) is 0 Å². The van der Waals surface area contributed by atoms with E-state index < -0.39 is 0 Å². The summed E-state index contributed by atoms with van der Waals surface area (Å²) in [6.07, 6.45) is 29.3. The largest absolute Gasteiger partial charge is 0.384 e. The maximum Gasteiger partial charge on any atom is 0.254 e. The van der Waals surface area contributed by atoms with Gasteiger partial charge in [0.15, 0.2) is 0 Å². The zero-order chi connectivity index (χ0) is 35.8. The van der Waals surface area contributed by atoms with Crippen molar-refractivity contribution >= 4 is 33.4 Å². The van der Waals surface area contributed by atoms with Crippen LogP contribution < -0.4 is 21.8 Å². The van der Waals surface area contributed by atoms with Crippen LogP contribution in [0, 0.1) is 0 Å². The van der Waals surface area contributed by atoms with E-state index >= 15 is 0 Å². The minimum absolute atomic E-state index is 0.0138. The highest BCUT2D eigenvalue weighted by Gasteiger charge is 2.17. The predicted octanol–water partition coefficient (Wildman–Crippen LogP) is 12.0. The van der Waals surface area contributed by atoms with Gasteiger partial charge in [0, 0.05) is 49.1 Å². The summed E-state index contributed by atoms with van der Waals surface area (Å²) >= 11 is 0. The van der Waals surface area contributed by atoms with Crippen LogP contribution in [0.1, 0.15) is 182 Å². The molecule has 0 saturated heterocycles. The third kappa shape index (κ3) is 14.1. The molecule has 7 nitrogen and oxygen atoms in total. The number of hydrogen-bond donors (Lipinski definition) is 2. The summed E-state index contributed by atoms with van der Waals surface area (Å²) in [5.41, 5.74) is 3.06. The molecular weight excluding hydrogens is 619 g/mol. The van der Waals surface area contributed by atoms with E-state index in [4.69, 9.17) is 4.98 Å². The number of rotatable bonds is 30. The van der Waals surface area contributed by atoms with Crippen LogP contribution in [-0.2, 0) is 13.1 Å². The summed E-state index contributed by atoms with van der Waals surface area (Å²) < 4.78 is 3.74. The van der Waals surface area contributed by atoms with E-state index in [9.17, 15) is 9.59 Å². The monoisotopic (exact) mass is 692 g/mol. The topological polar surface area (TPSA) is 81.0 Å². The molecule has 0 amide bonds. The molecule has 3 rings (SSSR count). The van der Waals surface area contributed by atoms with Crippen molar-refractivity contribution in [1.29, 1.82) is 0 Å². The Morgan fingerprint density at radius 3 is 1.10 bits per heavy atom. The Hall–Kier alpha value is -2.83. The van der Waals surface area contributed by atoms with Gasteiger partial charge in [0.05, 0.1) is 11.4 Å². The molecule has 7 heteroatoms. The lowest BCUT2D eigenvalue weighted by Gasteiger charge is -2.18. The summed E-state index contributed by atoms with van der Waals surface area (Å²) in [5.74, 6) is 0. The lowest BCUT2D eigenvalue weighted by molar-refractivity contribution is 0.532. The molecule has 50 heavy (non-hydrogen) atoms. The highest BCUT2D eigenvalue weighted by molar-refractivity contribution is 6.01. The van der Waals surface area contributed by atoms with Crippen LogP contribution >= 0.6 is 0 Å². The van der Waals surface area contributed by atoms with Gasteiger partial charge in [-0.3, -0.25) is 18.7 Å². The van der Waals surface area contributed by atoms with Crippen molar-refractivity contribution in [2.24, 2.45) is 0 Å². The number of aromatic nitrogens is 3. The average molecular weight is 692 g/mol. The SMILES string of the molecule is CCCCCCCCCCCCn1c(=O)cc(NCCCC)c2cc3c(NCCCC)cc(=O)n(CCCCCCCCCCCC)c3nc21. The zero-order valence-corrected chi connectivity index (χ0v) is 32.7. The van der Waals surface area contributed by atoms with Gasteiger partial charge in [-0.25, -0.2) is 4.98 Å². The normalized spacial score (nSPS) is 11.6. The van der Waals surface area contributed by atoms with Gasteiger partial charge in [-0.1, -0.05) is 156 Å². The average Bonchev–Trinajstić information content (AvgIpc) is 3.11. The minimum atomic E-state index is -0.0138. The van der Waals surface area contributed by atoms with E-state index in [1.165, 1.54) is 103 Å². The molecule has 0 saturated carbocycles. The molecule has 0 fully saturated rings. The van der Waals surface area contributed by atoms with E-state index in [-0.39, 0.29) is 11.1 Å². The predicted molar refractivity (Wildman–Crippen MR) is 218 cm³/mol. The number of unbranched alkanes of at least 4 members (excludes halogenated alkanes) is 20. The van der Waals surface area contributed by atoms with Gasteiger partial charge < -0.3 is 10.6 Å². The number of hydrogen-bond acceptors (Lipinski definition) is 5. The summed E-state index contributed by atoms with van der Waals surface area (Å²) in [6, 6.07) is 5.72. The first-order chi connectivity index (χ1) is 24.5. The maximum atomic E-state index is 13.7. The molecule has 3 aromatic heterocycles. The summed E-state index contributed by atoms with van der Waals surface area (Å²) in [6.45, 7) is 11.8. The number of anilines is 2. The van der Waals surface area contributed by atoms with Crippen LogP contribution in [0.4, 0.5) is 11.4 Å². The summed E-state index contributed by atoms with van der Waals surface area (Å²) in [5, 5.41) is 9.04.